The fourth-order valence-corrected chi connectivity index (χ4v) is 9.87. The Hall–Kier alpha value is -4.50. The van der Waals surface area contributed by atoms with Crippen LogP contribution in [0.25, 0.3) is 0 Å². The molecule has 2 atom stereocenters. The number of hydrogen-bond donors (Lipinski definition) is 1. The molecule has 19 heteroatoms. The molecule has 0 aliphatic rings. The van der Waals surface area contributed by atoms with Crippen LogP contribution in [0.1, 0.15) is 178 Å². The van der Waals surface area contributed by atoms with E-state index in [4.69, 9.17) is 52.5 Å². The van der Waals surface area contributed by atoms with Gasteiger partial charge in [-0.15, -0.1) is 24.9 Å². The molecule has 0 saturated heterocycles. The van der Waals surface area contributed by atoms with Crippen LogP contribution in [-0.2, 0) is 57.2 Å². The SMILES string of the molecule is C.C.C=C(C)C(=O)OC.C=CCCCCOC(=O)C(=C)C.C=CCCCCOC(=O)C(C)(CC(C)(C)C(C)(CCCC(=O)OCCCC)C(=O)OC)SC(=S)c1ccccc1.CCCCOC(=O)CCSC(=S)c1ccccc1.[B].[NH]=[Al]. The van der Waals surface area contributed by atoms with Crippen molar-refractivity contribution in [1.29, 1.82) is 4.35 Å². The molecule has 4 radical (unpaired) electrons. The fraction of sp³-hybridized carbons (Fsp3) is 0.556. The number of esters is 6. The first-order chi connectivity index (χ1) is 37.5. The molecule has 2 unspecified atom stereocenters. The second-order valence-electron chi connectivity index (χ2n) is 19.0. The van der Waals surface area contributed by atoms with E-state index >= 15 is 0 Å². The summed E-state index contributed by atoms with van der Waals surface area (Å²) in [6, 6.07) is 19.4. The van der Waals surface area contributed by atoms with Gasteiger partial charge in [-0.25, -0.2) is 9.59 Å². The summed E-state index contributed by atoms with van der Waals surface area (Å²) in [6.45, 7) is 30.9. The Morgan fingerprint density at radius 3 is 1.43 bits per heavy atom. The molecule has 2 aromatic rings. The van der Waals surface area contributed by atoms with E-state index in [9.17, 15) is 28.8 Å². The Bertz CT molecular complexity index is 2170. The number of methoxy groups -OCH3 is 2. The van der Waals surface area contributed by atoms with E-state index < -0.39 is 15.6 Å². The van der Waals surface area contributed by atoms with E-state index in [1.165, 1.54) is 37.7 Å². The number of carbonyl (C=O) groups excluding carboxylic acids is 6. The van der Waals surface area contributed by atoms with Gasteiger partial charge in [0.2, 0.25) is 0 Å². The van der Waals surface area contributed by atoms with Gasteiger partial charge in [0.1, 0.15) is 4.75 Å². The molecule has 0 aromatic heterocycles. The standard InChI is InChI=1S/C32H48O6S2.C14H18O2S2.C10H16O2.C5H8O2.2CH4.Al.B.HN/c1-8-10-12-16-23-38-29(35)32(6,40-27(39)25-18-14-13-15-19-25)24-30(3,4)31(5,28(34)36-7)21-17-20-26(33)37-22-11-9-2;1-2-3-10-16-13(15)9-11-18-14(17)12-7-5-4-6-8-12;1-4-5-6-7-8-12-10(11)9(2)3;1-4(2)5(6)7-3;;;;;/h8,13-15,18-19H,1,9-12,16-17,20-24H2,2-7H3;4-8H,2-3,9-11H2,1H3;4H,1-2,5-8H2,3H3;1H2,2-3H3;2*1H4;;;1H. The molecular weight excluding hydrogens is 1130 g/mol. The Morgan fingerprint density at radius 2 is 1.02 bits per heavy atom. The molecule has 0 aliphatic carbocycles. The van der Waals surface area contributed by atoms with Crippen molar-refractivity contribution in [2.45, 2.75) is 171 Å². The normalized spacial score (nSPS) is 11.2. The first-order valence-electron chi connectivity index (χ1n) is 26.6. The van der Waals surface area contributed by atoms with E-state index in [1.54, 1.807) is 29.9 Å². The molecule has 0 bridgehead atoms. The number of thioether (sulfide) groups is 2. The zero-order valence-corrected chi connectivity index (χ0v) is 54.0. The molecule has 0 aliphatic heterocycles. The van der Waals surface area contributed by atoms with Crippen LogP contribution in [0, 0.1) is 15.2 Å². The molecule has 0 spiro atoms. The minimum atomic E-state index is -1.07. The molecule has 0 heterocycles. The van der Waals surface area contributed by atoms with Gasteiger partial charge < -0.3 is 28.4 Å². The van der Waals surface area contributed by atoms with Gasteiger partial charge in [-0.3, -0.25) is 19.2 Å². The molecule has 82 heavy (non-hydrogen) atoms. The molecule has 0 amide bonds. The Morgan fingerprint density at radius 1 is 0.598 bits per heavy atom. The average molecular weight is 1230 g/mol. The van der Waals surface area contributed by atoms with Gasteiger partial charge >= 0.3 is 56.3 Å². The quantitative estimate of drug-likeness (QED) is 0.0135. The zero-order chi connectivity index (χ0) is 60.7. The number of rotatable bonds is 33. The monoisotopic (exact) mass is 1230 g/mol. The van der Waals surface area contributed by atoms with Gasteiger partial charge in [0.15, 0.2) is 0 Å². The second kappa shape index (κ2) is 54.4. The van der Waals surface area contributed by atoms with Gasteiger partial charge in [0.25, 0.3) is 0 Å². The topological polar surface area (TPSA) is 182 Å². The van der Waals surface area contributed by atoms with Gasteiger partial charge in [-0.2, -0.15) is 0 Å². The van der Waals surface area contributed by atoms with Crippen LogP contribution in [0.15, 0.2) is 110 Å². The number of hydrogen-bond acceptors (Lipinski definition) is 17. The first kappa shape index (κ1) is 88.7. The fourth-order valence-electron chi connectivity index (χ4n) is 6.81. The van der Waals surface area contributed by atoms with Crippen LogP contribution in [0.3, 0.4) is 0 Å². The van der Waals surface area contributed by atoms with Crippen molar-refractivity contribution in [2.24, 2.45) is 10.8 Å². The van der Waals surface area contributed by atoms with E-state index in [-0.39, 0.29) is 65.5 Å². The third-order valence-electron chi connectivity index (χ3n) is 11.8. The zero-order valence-electron chi connectivity index (χ0n) is 49.6. The number of carbonyl (C=O) groups is 6. The van der Waals surface area contributed by atoms with Crippen molar-refractivity contribution in [3.63, 3.8) is 0 Å². The minimum absolute atomic E-state index is 0. The van der Waals surface area contributed by atoms with Crippen LogP contribution < -0.4 is 0 Å². The summed E-state index contributed by atoms with van der Waals surface area (Å²) in [5, 5.41) is 0. The number of nitrogens with one attached hydrogen (secondary N) is 1. The number of ether oxygens (including phenoxy) is 6. The molecule has 0 saturated carbocycles. The Kier molecular flexibility index (Phi) is 58.9. The third-order valence-corrected chi connectivity index (χ3v) is 14.9. The third kappa shape index (κ3) is 41.5. The van der Waals surface area contributed by atoms with Crippen LogP contribution in [0.5, 0.6) is 0 Å². The maximum absolute atomic E-state index is 13.6. The summed E-state index contributed by atoms with van der Waals surface area (Å²) in [6.07, 6.45) is 14.6. The van der Waals surface area contributed by atoms with Crippen LogP contribution in [-0.4, -0.2) is 120 Å². The number of unbranched alkanes of at least 4 members (excludes halogenated alkanes) is 6. The first-order valence-corrected chi connectivity index (χ1v) is 29.8. The number of benzene rings is 2. The Labute approximate surface area is 524 Å². The Balaban J connectivity index is -0.000000282. The molecule has 2 aromatic carbocycles. The predicted octanol–water partition coefficient (Wildman–Crippen LogP) is 15.7. The van der Waals surface area contributed by atoms with Crippen molar-refractivity contribution in [2.75, 3.05) is 46.4 Å². The van der Waals surface area contributed by atoms with E-state index in [2.05, 4.69) is 38.0 Å². The average Bonchev–Trinajstić information content (AvgIpc) is 3.43. The van der Waals surface area contributed by atoms with Gasteiger partial charge in [0, 0.05) is 31.7 Å². The second-order valence-corrected chi connectivity index (χ2v) is 23.0. The van der Waals surface area contributed by atoms with Crippen LogP contribution >= 0.6 is 48.0 Å². The van der Waals surface area contributed by atoms with Crippen molar-refractivity contribution < 1.29 is 57.2 Å². The van der Waals surface area contributed by atoms with E-state index in [0.717, 1.165) is 79.5 Å². The summed E-state index contributed by atoms with van der Waals surface area (Å²) in [7, 11) is 2.70. The van der Waals surface area contributed by atoms with Crippen LogP contribution in [0.2, 0.25) is 0 Å². The summed E-state index contributed by atoms with van der Waals surface area (Å²) < 4.78 is 36.5. The van der Waals surface area contributed by atoms with E-state index in [1.807, 2.05) is 107 Å². The van der Waals surface area contributed by atoms with Gasteiger partial charge in [0.05, 0.1) is 60.9 Å². The summed E-state index contributed by atoms with van der Waals surface area (Å²) >= 11 is 15.5. The number of allylic oxidation sites excluding steroid dienone is 2. The molecular formula is C63H99AlBNO12S4. The maximum atomic E-state index is 13.6. The summed E-state index contributed by atoms with van der Waals surface area (Å²) in [5.74, 6) is -1.12. The molecule has 1 N–H and O–H groups in total. The van der Waals surface area contributed by atoms with Crippen molar-refractivity contribution in [1.82, 2.24) is 0 Å². The van der Waals surface area contributed by atoms with Crippen molar-refractivity contribution >= 4 is 117 Å². The summed E-state index contributed by atoms with van der Waals surface area (Å²) in [4.78, 5) is 71.5. The number of thiocarbonyl (C=S) groups is 2. The van der Waals surface area contributed by atoms with Crippen molar-refractivity contribution in [3.05, 3.63) is 121 Å². The van der Waals surface area contributed by atoms with Crippen molar-refractivity contribution in [3.8, 4) is 0 Å². The van der Waals surface area contributed by atoms with Gasteiger partial charge in [-0.1, -0.05) is 178 Å². The molecule has 0 fully saturated rings. The van der Waals surface area contributed by atoms with E-state index in [0.29, 0.717) is 73.2 Å². The predicted molar refractivity (Wildman–Crippen MR) is 353 cm³/mol. The molecule has 2 rings (SSSR count). The molecule has 458 valence electrons. The summed E-state index contributed by atoms with van der Waals surface area (Å²) in [5.41, 5.74) is 1.08. The van der Waals surface area contributed by atoms with Crippen LogP contribution in [0.4, 0.5) is 0 Å². The molecule has 13 nitrogen and oxygen atoms in total. The van der Waals surface area contributed by atoms with Gasteiger partial charge in [-0.05, 0) is 115 Å².